The molecule has 5 heteroatoms. The third-order valence-electron chi connectivity index (χ3n) is 3.27. The van der Waals surface area contributed by atoms with Gasteiger partial charge in [0.2, 0.25) is 0 Å². The van der Waals surface area contributed by atoms with Crippen LogP contribution in [0.3, 0.4) is 0 Å². The van der Waals surface area contributed by atoms with Gasteiger partial charge in [-0.3, -0.25) is 0 Å². The smallest absolute Gasteiger partial charge is 0.205 e. The summed E-state index contributed by atoms with van der Waals surface area (Å²) in [6.45, 7) is 3.93. The molecule has 20 heavy (non-hydrogen) atoms. The van der Waals surface area contributed by atoms with Crippen LogP contribution < -0.4 is 0 Å². The number of sulfonamides is 1. The Bertz CT molecular complexity index is 485. The van der Waals surface area contributed by atoms with Crippen molar-refractivity contribution >= 4 is 10.0 Å². The van der Waals surface area contributed by atoms with E-state index < -0.39 is 10.0 Å². The van der Waals surface area contributed by atoms with E-state index in [1.807, 2.05) is 6.92 Å². The van der Waals surface area contributed by atoms with E-state index in [4.69, 9.17) is 0 Å². The van der Waals surface area contributed by atoms with Gasteiger partial charge in [0, 0.05) is 6.54 Å². The van der Waals surface area contributed by atoms with E-state index in [9.17, 15) is 12.9 Å². The number of hydrogen-bond acceptors (Lipinski definition) is 2. The lowest BCUT2D eigenvalue weighted by Crippen LogP contribution is -2.24. The molecule has 0 atom stereocenters. The quantitative estimate of drug-likeness (QED) is 0.505. The molecule has 0 aliphatic rings. The van der Waals surface area contributed by atoms with Crippen molar-refractivity contribution in [1.82, 2.24) is 4.53 Å². The van der Waals surface area contributed by atoms with Crippen LogP contribution in [0.25, 0.3) is 0 Å². The first kappa shape index (κ1) is 17.1. The first-order valence-corrected chi connectivity index (χ1v) is 8.67. The molecule has 0 aliphatic carbocycles. The van der Waals surface area contributed by atoms with Gasteiger partial charge in [-0.05, 0) is 30.0 Å². The first-order valence-electron chi connectivity index (χ1n) is 7.23. The second kappa shape index (κ2) is 8.37. The zero-order valence-corrected chi connectivity index (χ0v) is 13.1. The van der Waals surface area contributed by atoms with Gasteiger partial charge in [-0.2, -0.15) is 0 Å². The molecule has 0 amide bonds. The maximum Gasteiger partial charge on any atom is 0.269 e. The van der Waals surface area contributed by atoms with Crippen LogP contribution in [0.1, 0.15) is 51.0 Å². The standard InChI is InChI=1S/C15H24FNO2S/c1-3-4-5-6-7-8-13-17(16)20(18,19)15-11-9-14(2)10-12-15/h9-12H,3-8,13H2,1-2H3. The maximum atomic E-state index is 13.8. The summed E-state index contributed by atoms with van der Waals surface area (Å²) in [4.78, 5) is 0.0107. The Kier molecular flexibility index (Phi) is 7.16. The van der Waals surface area contributed by atoms with Crippen LogP contribution in [0.2, 0.25) is 0 Å². The summed E-state index contributed by atoms with van der Waals surface area (Å²) < 4.78 is 37.7. The Morgan fingerprint density at radius 1 is 1.00 bits per heavy atom. The highest BCUT2D eigenvalue weighted by Crippen LogP contribution is 2.17. The van der Waals surface area contributed by atoms with Crippen LogP contribution in [0.5, 0.6) is 0 Å². The Morgan fingerprint density at radius 2 is 1.55 bits per heavy atom. The highest BCUT2D eigenvalue weighted by Gasteiger charge is 2.23. The Labute approximate surface area is 121 Å². The zero-order valence-electron chi connectivity index (χ0n) is 12.3. The minimum atomic E-state index is -3.99. The summed E-state index contributed by atoms with van der Waals surface area (Å²) in [5, 5.41) is 0. The summed E-state index contributed by atoms with van der Waals surface area (Å²) >= 11 is 0. The molecule has 0 unspecified atom stereocenters. The summed E-state index contributed by atoms with van der Waals surface area (Å²) in [5.74, 6) is 0. The minimum absolute atomic E-state index is 0.0107. The minimum Gasteiger partial charge on any atom is -0.205 e. The Hall–Kier alpha value is -0.940. The lowest BCUT2D eigenvalue weighted by atomic mass is 10.1. The highest BCUT2D eigenvalue weighted by atomic mass is 32.2. The molecule has 0 aromatic heterocycles. The van der Waals surface area contributed by atoms with Crippen LogP contribution >= 0.6 is 0 Å². The summed E-state index contributed by atoms with van der Waals surface area (Å²) in [6.07, 6.45) is 5.94. The third-order valence-corrected chi connectivity index (χ3v) is 4.84. The van der Waals surface area contributed by atoms with Crippen molar-refractivity contribution in [3.63, 3.8) is 0 Å². The lowest BCUT2D eigenvalue weighted by Gasteiger charge is -2.12. The predicted octanol–water partition coefficient (Wildman–Crippen LogP) is 4.23. The molecule has 3 nitrogen and oxygen atoms in total. The van der Waals surface area contributed by atoms with Crippen molar-refractivity contribution in [3.05, 3.63) is 29.8 Å². The number of rotatable bonds is 9. The van der Waals surface area contributed by atoms with Crippen molar-refractivity contribution in [2.24, 2.45) is 0 Å². The number of nitrogens with zero attached hydrogens (tertiary/aromatic N) is 1. The lowest BCUT2D eigenvalue weighted by molar-refractivity contribution is 0.136. The van der Waals surface area contributed by atoms with Crippen molar-refractivity contribution in [3.8, 4) is 0 Å². The van der Waals surface area contributed by atoms with E-state index in [2.05, 4.69) is 6.92 Å². The molecule has 1 aromatic carbocycles. The van der Waals surface area contributed by atoms with Gasteiger partial charge in [0.15, 0.2) is 0 Å². The van der Waals surface area contributed by atoms with Gasteiger partial charge in [0.25, 0.3) is 10.0 Å². The van der Waals surface area contributed by atoms with Crippen LogP contribution in [-0.2, 0) is 10.0 Å². The molecular weight excluding hydrogens is 277 g/mol. The highest BCUT2D eigenvalue weighted by molar-refractivity contribution is 7.89. The Morgan fingerprint density at radius 3 is 2.15 bits per heavy atom. The molecule has 0 N–H and O–H groups in total. The number of hydrogen-bond donors (Lipinski definition) is 0. The average molecular weight is 301 g/mol. The molecule has 0 saturated carbocycles. The molecular formula is C15H24FNO2S. The van der Waals surface area contributed by atoms with Crippen LogP contribution in [0.4, 0.5) is 4.48 Å². The zero-order chi connectivity index (χ0) is 15.0. The van der Waals surface area contributed by atoms with Gasteiger partial charge in [-0.1, -0.05) is 56.7 Å². The average Bonchev–Trinajstić information content (AvgIpc) is 2.43. The molecule has 0 saturated heterocycles. The van der Waals surface area contributed by atoms with E-state index in [1.165, 1.54) is 18.6 Å². The van der Waals surface area contributed by atoms with Crippen molar-refractivity contribution in [2.75, 3.05) is 6.54 Å². The largest absolute Gasteiger partial charge is 0.269 e. The van der Waals surface area contributed by atoms with Crippen LogP contribution in [0, 0.1) is 6.92 Å². The van der Waals surface area contributed by atoms with E-state index >= 15 is 0 Å². The normalized spacial score (nSPS) is 12.0. The summed E-state index contributed by atoms with van der Waals surface area (Å²) in [5.41, 5.74) is 0.949. The SMILES string of the molecule is CCCCCCCCN(F)S(=O)(=O)c1ccc(C)cc1. The second-order valence-corrected chi connectivity index (χ2v) is 6.91. The predicted molar refractivity (Wildman–Crippen MR) is 79.6 cm³/mol. The molecule has 1 rings (SSSR count). The van der Waals surface area contributed by atoms with Gasteiger partial charge in [0.05, 0.1) is 4.90 Å². The molecule has 1 aromatic rings. The molecule has 0 radical (unpaired) electrons. The van der Waals surface area contributed by atoms with E-state index in [0.717, 1.165) is 31.2 Å². The van der Waals surface area contributed by atoms with E-state index in [1.54, 1.807) is 12.1 Å². The number of aryl methyl sites for hydroxylation is 1. The fraction of sp³-hybridized carbons (Fsp3) is 0.600. The Balaban J connectivity index is 2.45. The molecule has 0 heterocycles. The van der Waals surface area contributed by atoms with Crippen LogP contribution in [0.15, 0.2) is 29.2 Å². The fourth-order valence-electron chi connectivity index (χ4n) is 1.96. The summed E-state index contributed by atoms with van der Waals surface area (Å²) in [7, 11) is -3.99. The second-order valence-electron chi connectivity index (χ2n) is 5.10. The van der Waals surface area contributed by atoms with Gasteiger partial charge < -0.3 is 0 Å². The van der Waals surface area contributed by atoms with Crippen LogP contribution in [-0.4, -0.2) is 19.5 Å². The molecule has 0 bridgehead atoms. The van der Waals surface area contributed by atoms with Crippen molar-refractivity contribution < 1.29 is 12.9 Å². The van der Waals surface area contributed by atoms with Crippen molar-refractivity contribution in [1.29, 1.82) is 0 Å². The van der Waals surface area contributed by atoms with Gasteiger partial charge >= 0.3 is 0 Å². The van der Waals surface area contributed by atoms with E-state index in [0.29, 0.717) is 6.42 Å². The van der Waals surface area contributed by atoms with Gasteiger partial charge in [-0.15, -0.1) is 4.48 Å². The maximum absolute atomic E-state index is 13.8. The summed E-state index contributed by atoms with van der Waals surface area (Å²) in [6, 6.07) is 6.23. The van der Waals surface area contributed by atoms with Crippen molar-refractivity contribution in [2.45, 2.75) is 57.3 Å². The monoisotopic (exact) mass is 301 g/mol. The van der Waals surface area contributed by atoms with Gasteiger partial charge in [0.1, 0.15) is 0 Å². The molecule has 114 valence electrons. The molecule has 0 spiro atoms. The number of unbranched alkanes of at least 4 members (excludes halogenated alkanes) is 5. The number of halogens is 1. The molecule has 0 aliphatic heterocycles. The topological polar surface area (TPSA) is 37.4 Å². The van der Waals surface area contributed by atoms with E-state index in [-0.39, 0.29) is 16.0 Å². The first-order chi connectivity index (χ1) is 9.48. The molecule has 0 fully saturated rings. The number of benzene rings is 1. The fourth-order valence-corrected chi connectivity index (χ4v) is 3.04. The third kappa shape index (κ3) is 5.21. The van der Waals surface area contributed by atoms with Gasteiger partial charge in [-0.25, -0.2) is 8.42 Å².